The van der Waals surface area contributed by atoms with E-state index in [1.165, 1.54) is 32.1 Å². The number of thiazole rings is 1. The summed E-state index contributed by atoms with van der Waals surface area (Å²) in [4.78, 5) is 4.53. The number of anilines is 1. The highest BCUT2D eigenvalue weighted by molar-refractivity contribution is 7.14. The SMILES string of the molecule is CCCCCCCC=NNc1nc(-c2ccccc2)cs1. The lowest BCUT2D eigenvalue weighted by atomic mass is 10.1. The molecule has 1 aromatic carbocycles. The fourth-order valence-corrected chi connectivity index (χ4v) is 2.74. The summed E-state index contributed by atoms with van der Waals surface area (Å²) in [6, 6.07) is 10.2. The van der Waals surface area contributed by atoms with Gasteiger partial charge in [-0.05, 0) is 12.8 Å². The molecule has 0 fully saturated rings. The summed E-state index contributed by atoms with van der Waals surface area (Å²) in [7, 11) is 0. The van der Waals surface area contributed by atoms with Gasteiger partial charge in [0.1, 0.15) is 0 Å². The van der Waals surface area contributed by atoms with Crippen LogP contribution in [0.4, 0.5) is 5.13 Å². The molecule has 1 aromatic heterocycles. The second-order valence-electron chi connectivity index (χ2n) is 5.03. The number of rotatable bonds is 9. The lowest BCUT2D eigenvalue weighted by Gasteiger charge is -1.96. The van der Waals surface area contributed by atoms with Crippen molar-refractivity contribution < 1.29 is 0 Å². The van der Waals surface area contributed by atoms with Crippen molar-refractivity contribution in [3.63, 3.8) is 0 Å². The molecule has 0 spiro atoms. The topological polar surface area (TPSA) is 37.3 Å². The molecule has 0 amide bonds. The molecule has 0 atom stereocenters. The van der Waals surface area contributed by atoms with Crippen LogP contribution < -0.4 is 5.43 Å². The number of nitrogens with one attached hydrogen (secondary N) is 1. The van der Waals surface area contributed by atoms with Crippen LogP contribution >= 0.6 is 11.3 Å². The molecule has 0 radical (unpaired) electrons. The van der Waals surface area contributed by atoms with E-state index in [9.17, 15) is 0 Å². The number of benzene rings is 1. The van der Waals surface area contributed by atoms with Crippen molar-refractivity contribution in [3.05, 3.63) is 35.7 Å². The first kappa shape index (κ1) is 15.7. The lowest BCUT2D eigenvalue weighted by Crippen LogP contribution is -1.89. The van der Waals surface area contributed by atoms with Crippen LogP contribution in [0, 0.1) is 0 Å². The van der Waals surface area contributed by atoms with Crippen molar-refractivity contribution in [1.29, 1.82) is 0 Å². The van der Waals surface area contributed by atoms with E-state index >= 15 is 0 Å². The van der Waals surface area contributed by atoms with E-state index in [0.29, 0.717) is 0 Å². The third kappa shape index (κ3) is 5.68. The number of hydrazone groups is 1. The Morgan fingerprint density at radius 1 is 1.14 bits per heavy atom. The van der Waals surface area contributed by atoms with E-state index in [1.807, 2.05) is 24.4 Å². The van der Waals surface area contributed by atoms with E-state index in [-0.39, 0.29) is 0 Å². The Kier molecular flexibility index (Phi) is 6.95. The minimum atomic E-state index is 0.844. The summed E-state index contributed by atoms with van der Waals surface area (Å²) in [5, 5.41) is 7.14. The second kappa shape index (κ2) is 9.29. The number of hydrogen-bond acceptors (Lipinski definition) is 4. The number of unbranched alkanes of at least 4 members (excludes halogenated alkanes) is 5. The van der Waals surface area contributed by atoms with Crippen molar-refractivity contribution >= 4 is 22.7 Å². The van der Waals surface area contributed by atoms with Gasteiger partial charge < -0.3 is 0 Å². The predicted octanol–water partition coefficient (Wildman–Crippen LogP) is 5.57. The summed E-state index contributed by atoms with van der Waals surface area (Å²) in [5.74, 6) is 0. The Morgan fingerprint density at radius 3 is 2.76 bits per heavy atom. The largest absolute Gasteiger partial charge is 0.253 e. The molecule has 3 nitrogen and oxygen atoms in total. The van der Waals surface area contributed by atoms with Crippen LogP contribution in [0.15, 0.2) is 40.8 Å². The zero-order chi connectivity index (χ0) is 14.8. The number of aromatic nitrogens is 1. The first-order valence-corrected chi connectivity index (χ1v) is 8.56. The van der Waals surface area contributed by atoms with Gasteiger partial charge >= 0.3 is 0 Å². The average Bonchev–Trinajstić information content (AvgIpc) is 3.00. The first-order valence-electron chi connectivity index (χ1n) is 7.68. The van der Waals surface area contributed by atoms with Gasteiger partial charge in [-0.3, -0.25) is 5.43 Å². The molecule has 2 rings (SSSR count). The van der Waals surface area contributed by atoms with Gasteiger partial charge in [-0.2, -0.15) is 5.10 Å². The molecule has 2 aromatic rings. The molecule has 0 bridgehead atoms. The van der Waals surface area contributed by atoms with Gasteiger partial charge in [0.2, 0.25) is 5.13 Å². The van der Waals surface area contributed by atoms with E-state index in [1.54, 1.807) is 11.3 Å². The van der Waals surface area contributed by atoms with E-state index in [0.717, 1.165) is 22.8 Å². The number of nitrogens with zero attached hydrogens (tertiary/aromatic N) is 2. The third-order valence-electron chi connectivity index (χ3n) is 3.26. The molecule has 0 saturated carbocycles. The van der Waals surface area contributed by atoms with E-state index < -0.39 is 0 Å². The van der Waals surface area contributed by atoms with Gasteiger partial charge in [-0.15, -0.1) is 11.3 Å². The molecule has 1 N–H and O–H groups in total. The van der Waals surface area contributed by atoms with Gasteiger partial charge in [0, 0.05) is 17.2 Å². The maximum absolute atomic E-state index is 4.53. The minimum Gasteiger partial charge on any atom is -0.253 e. The van der Waals surface area contributed by atoms with Gasteiger partial charge in [-0.25, -0.2) is 4.98 Å². The fourth-order valence-electron chi connectivity index (χ4n) is 2.07. The quantitative estimate of drug-likeness (QED) is 0.373. The van der Waals surface area contributed by atoms with Gasteiger partial charge in [0.25, 0.3) is 0 Å². The van der Waals surface area contributed by atoms with Crippen molar-refractivity contribution in [1.82, 2.24) is 4.98 Å². The fraction of sp³-hybridized carbons (Fsp3) is 0.412. The summed E-state index contributed by atoms with van der Waals surface area (Å²) in [5.41, 5.74) is 5.15. The molecule has 0 saturated heterocycles. The predicted molar refractivity (Wildman–Crippen MR) is 93.0 cm³/mol. The van der Waals surface area contributed by atoms with Crippen LogP contribution in [0.1, 0.15) is 45.4 Å². The Bertz CT molecular complexity index is 534. The van der Waals surface area contributed by atoms with Crippen molar-refractivity contribution in [3.8, 4) is 11.3 Å². The smallest absolute Gasteiger partial charge is 0.203 e. The third-order valence-corrected chi connectivity index (χ3v) is 4.01. The molecule has 4 heteroatoms. The highest BCUT2D eigenvalue weighted by Crippen LogP contribution is 2.24. The normalized spacial score (nSPS) is 11.1. The monoisotopic (exact) mass is 301 g/mol. The first-order chi connectivity index (χ1) is 10.4. The van der Waals surface area contributed by atoms with Crippen LogP contribution in [-0.4, -0.2) is 11.2 Å². The highest BCUT2D eigenvalue weighted by atomic mass is 32.1. The molecule has 0 aliphatic carbocycles. The Hall–Kier alpha value is -1.68. The van der Waals surface area contributed by atoms with Crippen molar-refractivity contribution in [2.24, 2.45) is 5.10 Å². The van der Waals surface area contributed by atoms with Crippen LogP contribution in [0.25, 0.3) is 11.3 Å². The molecule has 0 aliphatic heterocycles. The van der Waals surface area contributed by atoms with E-state index in [2.05, 4.69) is 39.9 Å². The lowest BCUT2D eigenvalue weighted by molar-refractivity contribution is 0.645. The molecular formula is C17H23N3S. The summed E-state index contributed by atoms with van der Waals surface area (Å²) in [6.07, 6.45) is 9.49. The molecule has 0 unspecified atom stereocenters. The van der Waals surface area contributed by atoms with E-state index in [4.69, 9.17) is 0 Å². The maximum Gasteiger partial charge on any atom is 0.203 e. The zero-order valence-corrected chi connectivity index (χ0v) is 13.4. The highest BCUT2D eigenvalue weighted by Gasteiger charge is 2.02. The average molecular weight is 301 g/mol. The summed E-state index contributed by atoms with van der Waals surface area (Å²) in [6.45, 7) is 2.24. The van der Waals surface area contributed by atoms with Gasteiger partial charge in [0.15, 0.2) is 0 Å². The van der Waals surface area contributed by atoms with Crippen LogP contribution in [0.2, 0.25) is 0 Å². The summed E-state index contributed by atoms with van der Waals surface area (Å²) < 4.78 is 0. The Morgan fingerprint density at radius 2 is 1.95 bits per heavy atom. The molecular weight excluding hydrogens is 278 g/mol. The maximum atomic E-state index is 4.53. The summed E-state index contributed by atoms with van der Waals surface area (Å²) >= 11 is 1.58. The molecule has 0 aliphatic rings. The van der Waals surface area contributed by atoms with Crippen LogP contribution in [0.5, 0.6) is 0 Å². The zero-order valence-electron chi connectivity index (χ0n) is 12.6. The van der Waals surface area contributed by atoms with Gasteiger partial charge in [0.05, 0.1) is 5.69 Å². The van der Waals surface area contributed by atoms with Crippen LogP contribution in [0.3, 0.4) is 0 Å². The Balaban J connectivity index is 1.71. The van der Waals surface area contributed by atoms with Gasteiger partial charge in [-0.1, -0.05) is 62.9 Å². The molecule has 1 heterocycles. The van der Waals surface area contributed by atoms with Crippen molar-refractivity contribution in [2.75, 3.05) is 5.43 Å². The minimum absolute atomic E-state index is 0.844. The van der Waals surface area contributed by atoms with Crippen molar-refractivity contribution in [2.45, 2.75) is 45.4 Å². The number of hydrogen-bond donors (Lipinski definition) is 1. The Labute approximate surface area is 131 Å². The van der Waals surface area contributed by atoms with Crippen LogP contribution in [-0.2, 0) is 0 Å². The molecule has 21 heavy (non-hydrogen) atoms. The standard InChI is InChI=1S/C17H23N3S/c1-2-3-4-5-6-10-13-18-20-17-19-16(14-21-17)15-11-8-7-9-12-15/h7-9,11-14H,2-6,10H2,1H3,(H,19,20). The molecule has 112 valence electrons. The second-order valence-corrected chi connectivity index (χ2v) is 5.89.